The molecule has 0 spiro atoms. The number of ether oxygens (including phenoxy) is 1. The summed E-state index contributed by atoms with van der Waals surface area (Å²) in [5.74, 6) is -1.49. The molecule has 1 aliphatic carbocycles. The Labute approximate surface area is 155 Å². The molecule has 2 unspecified atom stereocenters. The van der Waals surface area contributed by atoms with E-state index in [0.717, 1.165) is 18.9 Å². The molecule has 0 radical (unpaired) electrons. The quantitative estimate of drug-likeness (QED) is 0.255. The second kappa shape index (κ2) is 8.47. The molecule has 0 aliphatic heterocycles. The third kappa shape index (κ3) is 5.35. The molecule has 0 aromatic heterocycles. The van der Waals surface area contributed by atoms with Gasteiger partial charge in [0.25, 0.3) is 0 Å². The van der Waals surface area contributed by atoms with Gasteiger partial charge in [-0.05, 0) is 48.9 Å². The first-order valence-corrected chi connectivity index (χ1v) is 10.0. The number of hydrogen-bond acceptors (Lipinski definition) is 6. The van der Waals surface area contributed by atoms with E-state index in [0.29, 0.717) is 24.0 Å². The Kier molecular flexibility index (Phi) is 6.74. The van der Waals surface area contributed by atoms with Crippen LogP contribution in [-0.4, -0.2) is 32.5 Å². The normalized spacial score (nSPS) is 20.5. The van der Waals surface area contributed by atoms with Gasteiger partial charge in [-0.2, -0.15) is 21.6 Å². The fourth-order valence-corrected chi connectivity index (χ4v) is 3.36. The molecule has 152 valence electrons. The topological polar surface area (TPSA) is 95.7 Å². The highest BCUT2D eigenvalue weighted by atomic mass is 32.2. The van der Waals surface area contributed by atoms with Gasteiger partial charge in [-0.1, -0.05) is 19.4 Å². The van der Waals surface area contributed by atoms with E-state index < -0.39 is 33.3 Å². The van der Waals surface area contributed by atoms with Gasteiger partial charge in [0.1, 0.15) is 5.75 Å². The largest absolute Gasteiger partial charge is 0.534 e. The van der Waals surface area contributed by atoms with Crippen LogP contribution in [-0.2, 0) is 26.1 Å². The number of alkyl halides is 3. The lowest BCUT2D eigenvalue weighted by molar-refractivity contribution is -0.145. The fraction of sp³-hybridized carbons (Fsp3) is 0.588. The summed E-state index contributed by atoms with van der Waals surface area (Å²) in [6.45, 7) is 2.25. The first-order valence-electron chi connectivity index (χ1n) is 8.61. The van der Waals surface area contributed by atoms with E-state index in [9.17, 15) is 26.4 Å². The number of halogens is 3. The van der Waals surface area contributed by atoms with Crippen LogP contribution in [0.5, 0.6) is 5.75 Å². The van der Waals surface area contributed by atoms with E-state index >= 15 is 0 Å². The standard InChI is InChI=1S/C17H22F3NO5S/c1-2-3-8-25-16(22)15-6-4-12(21)9-11-10-13(5-7-14(11)15)26-27(23,24)17(18,19)20/h5,7,10,12,15H,2-4,6,8-9,21H2,1H3. The van der Waals surface area contributed by atoms with Gasteiger partial charge in [0, 0.05) is 6.04 Å². The maximum atomic E-state index is 12.5. The number of carbonyl (C=O) groups is 1. The van der Waals surface area contributed by atoms with Crippen LogP contribution >= 0.6 is 0 Å². The number of fused-ring (bicyclic) bond motifs is 1. The maximum Gasteiger partial charge on any atom is 0.534 e. The Morgan fingerprint density at radius 3 is 2.63 bits per heavy atom. The van der Waals surface area contributed by atoms with Gasteiger partial charge in [0.15, 0.2) is 0 Å². The summed E-state index contributed by atoms with van der Waals surface area (Å²) >= 11 is 0. The second-order valence-corrected chi connectivity index (χ2v) is 8.00. The van der Waals surface area contributed by atoms with Crippen molar-refractivity contribution in [1.29, 1.82) is 0 Å². The first-order chi connectivity index (χ1) is 12.5. The van der Waals surface area contributed by atoms with Crippen LogP contribution in [0.25, 0.3) is 0 Å². The van der Waals surface area contributed by atoms with Crippen LogP contribution in [0, 0.1) is 0 Å². The van der Waals surface area contributed by atoms with E-state index in [2.05, 4.69) is 4.18 Å². The number of nitrogens with two attached hydrogens (primary N) is 1. The number of carbonyl (C=O) groups excluding carboxylic acids is 1. The molecule has 0 heterocycles. The van der Waals surface area contributed by atoms with Gasteiger partial charge in [-0.3, -0.25) is 4.79 Å². The highest BCUT2D eigenvalue weighted by molar-refractivity contribution is 7.88. The van der Waals surface area contributed by atoms with Gasteiger partial charge in [-0.15, -0.1) is 0 Å². The second-order valence-electron chi connectivity index (χ2n) is 6.46. The Balaban J connectivity index is 2.29. The van der Waals surface area contributed by atoms with Crippen molar-refractivity contribution >= 4 is 16.1 Å². The molecule has 27 heavy (non-hydrogen) atoms. The highest BCUT2D eigenvalue weighted by Gasteiger charge is 2.48. The molecule has 6 nitrogen and oxygen atoms in total. The number of benzene rings is 1. The van der Waals surface area contributed by atoms with Crippen molar-refractivity contribution in [2.45, 2.75) is 56.5 Å². The molecule has 0 amide bonds. The van der Waals surface area contributed by atoms with Crippen LogP contribution in [0.15, 0.2) is 18.2 Å². The molecule has 1 aromatic rings. The minimum absolute atomic E-state index is 0.289. The van der Waals surface area contributed by atoms with Crippen molar-refractivity contribution in [3.63, 3.8) is 0 Å². The third-order valence-corrected chi connectivity index (χ3v) is 5.29. The van der Waals surface area contributed by atoms with Crippen LogP contribution in [0.2, 0.25) is 0 Å². The summed E-state index contributed by atoms with van der Waals surface area (Å²) in [5.41, 5.74) is 1.51. The molecule has 2 N–H and O–H groups in total. The lowest BCUT2D eigenvalue weighted by Gasteiger charge is -2.17. The lowest BCUT2D eigenvalue weighted by atomic mass is 9.92. The van der Waals surface area contributed by atoms with Gasteiger partial charge in [0.2, 0.25) is 0 Å². The van der Waals surface area contributed by atoms with Crippen molar-refractivity contribution in [2.75, 3.05) is 6.61 Å². The van der Waals surface area contributed by atoms with E-state index in [4.69, 9.17) is 10.5 Å². The van der Waals surface area contributed by atoms with E-state index in [1.807, 2.05) is 6.92 Å². The van der Waals surface area contributed by atoms with Gasteiger partial charge in [-0.25, -0.2) is 0 Å². The van der Waals surface area contributed by atoms with Gasteiger partial charge >= 0.3 is 21.6 Å². The monoisotopic (exact) mass is 409 g/mol. The average Bonchev–Trinajstić information content (AvgIpc) is 2.71. The Hall–Kier alpha value is -1.81. The number of hydrogen-bond donors (Lipinski definition) is 1. The number of esters is 1. The number of rotatable bonds is 6. The predicted octanol–water partition coefficient (Wildman–Crippen LogP) is 3.01. The summed E-state index contributed by atoms with van der Waals surface area (Å²) in [6.07, 6.45) is 2.86. The fourth-order valence-electron chi connectivity index (χ4n) is 2.91. The van der Waals surface area contributed by atoms with Crippen LogP contribution in [0.4, 0.5) is 13.2 Å². The molecule has 0 bridgehead atoms. The molecule has 0 saturated heterocycles. The molecule has 10 heteroatoms. The zero-order valence-corrected chi connectivity index (χ0v) is 15.6. The molecule has 1 aromatic carbocycles. The van der Waals surface area contributed by atoms with Crippen molar-refractivity contribution in [3.8, 4) is 5.75 Å². The zero-order valence-electron chi connectivity index (χ0n) is 14.8. The minimum Gasteiger partial charge on any atom is -0.465 e. The lowest BCUT2D eigenvalue weighted by Crippen LogP contribution is -2.28. The SMILES string of the molecule is CCCCOC(=O)C1CCC(N)Cc2cc(OS(=O)(=O)C(F)(F)F)ccc21. The van der Waals surface area contributed by atoms with Crippen molar-refractivity contribution < 1.29 is 35.3 Å². The third-order valence-electron chi connectivity index (χ3n) is 4.31. The predicted molar refractivity (Wildman–Crippen MR) is 91.6 cm³/mol. The molecule has 1 aliphatic rings. The van der Waals surface area contributed by atoms with Crippen LogP contribution < -0.4 is 9.92 Å². The maximum absolute atomic E-state index is 12.5. The van der Waals surface area contributed by atoms with Crippen molar-refractivity contribution in [3.05, 3.63) is 29.3 Å². The molecular weight excluding hydrogens is 387 g/mol. The Morgan fingerprint density at radius 1 is 1.30 bits per heavy atom. The summed E-state index contributed by atoms with van der Waals surface area (Å²) in [6, 6.07) is 3.38. The summed E-state index contributed by atoms with van der Waals surface area (Å²) < 4.78 is 69.4. The van der Waals surface area contributed by atoms with Crippen molar-refractivity contribution in [2.24, 2.45) is 5.73 Å². The highest BCUT2D eigenvalue weighted by Crippen LogP contribution is 2.35. The van der Waals surface area contributed by atoms with Crippen molar-refractivity contribution in [1.82, 2.24) is 0 Å². The molecule has 2 rings (SSSR count). The van der Waals surface area contributed by atoms with Crippen LogP contribution in [0.1, 0.15) is 49.7 Å². The van der Waals surface area contributed by atoms with Crippen LogP contribution in [0.3, 0.4) is 0 Å². The smallest absolute Gasteiger partial charge is 0.465 e. The first kappa shape index (κ1) is 21.5. The summed E-state index contributed by atoms with van der Waals surface area (Å²) in [4.78, 5) is 12.4. The molecular formula is C17H22F3NO5S. The van der Waals surface area contributed by atoms with Gasteiger partial charge in [0.05, 0.1) is 12.5 Å². The Bertz CT molecular complexity index is 779. The van der Waals surface area contributed by atoms with E-state index in [-0.39, 0.29) is 19.1 Å². The van der Waals surface area contributed by atoms with E-state index in [1.165, 1.54) is 12.1 Å². The van der Waals surface area contributed by atoms with E-state index in [1.54, 1.807) is 0 Å². The zero-order chi connectivity index (χ0) is 20.2. The summed E-state index contributed by atoms with van der Waals surface area (Å²) in [5, 5.41) is 0. The average molecular weight is 409 g/mol. The molecule has 0 fully saturated rings. The van der Waals surface area contributed by atoms with Gasteiger partial charge < -0.3 is 14.7 Å². The molecule has 2 atom stereocenters. The molecule has 0 saturated carbocycles. The minimum atomic E-state index is -5.77. The Morgan fingerprint density at radius 2 is 2.00 bits per heavy atom. The summed E-state index contributed by atoms with van der Waals surface area (Å²) in [7, 11) is -5.77. The number of unbranched alkanes of at least 4 members (excludes halogenated alkanes) is 1.